The number of carbonyl (C=O) groups excluding carboxylic acids is 1. The molecular formula is C26H31N5O2. The first-order valence-electron chi connectivity index (χ1n) is 11.4. The van der Waals surface area contributed by atoms with Gasteiger partial charge in [0.05, 0.1) is 22.4 Å². The molecule has 1 amide bonds. The van der Waals surface area contributed by atoms with Crippen molar-refractivity contribution in [2.45, 2.75) is 53.2 Å². The van der Waals surface area contributed by atoms with Gasteiger partial charge in [0.1, 0.15) is 0 Å². The maximum Gasteiger partial charge on any atom is 0.329 e. The van der Waals surface area contributed by atoms with Crippen LogP contribution in [0.3, 0.4) is 0 Å². The highest BCUT2D eigenvalue weighted by Crippen LogP contribution is 2.20. The number of imidazole rings is 1. The lowest BCUT2D eigenvalue weighted by Crippen LogP contribution is -2.30. The summed E-state index contributed by atoms with van der Waals surface area (Å²) in [4.78, 5) is 27.7. The van der Waals surface area contributed by atoms with Crippen molar-refractivity contribution in [2.75, 3.05) is 7.05 Å². The zero-order chi connectivity index (χ0) is 23.5. The highest BCUT2D eigenvalue weighted by atomic mass is 16.2. The predicted molar refractivity (Wildman–Crippen MR) is 131 cm³/mol. The molecule has 0 aliphatic rings. The van der Waals surface area contributed by atoms with Gasteiger partial charge in [-0.05, 0) is 44.5 Å². The largest absolute Gasteiger partial charge is 0.341 e. The average Bonchev–Trinajstić information content (AvgIpc) is 3.26. The van der Waals surface area contributed by atoms with Gasteiger partial charge in [0.2, 0.25) is 5.91 Å². The first-order valence-corrected chi connectivity index (χ1v) is 11.4. The molecule has 2 aromatic heterocycles. The van der Waals surface area contributed by atoms with E-state index in [1.54, 1.807) is 14.0 Å². The molecule has 0 fully saturated rings. The van der Waals surface area contributed by atoms with Crippen molar-refractivity contribution in [1.29, 1.82) is 0 Å². The van der Waals surface area contributed by atoms with Gasteiger partial charge in [-0.3, -0.25) is 13.9 Å². The fourth-order valence-electron chi connectivity index (χ4n) is 4.38. The summed E-state index contributed by atoms with van der Waals surface area (Å²) in [6.07, 6.45) is 1.15. The first kappa shape index (κ1) is 22.6. The maximum atomic E-state index is 13.0. The number of aryl methyl sites for hydroxylation is 3. The molecular weight excluding hydrogens is 414 g/mol. The van der Waals surface area contributed by atoms with E-state index in [1.807, 2.05) is 80.2 Å². The normalized spacial score (nSPS) is 11.3. The molecule has 0 radical (unpaired) electrons. The summed E-state index contributed by atoms with van der Waals surface area (Å²) in [7, 11) is 1.81. The Balaban J connectivity index is 1.49. The van der Waals surface area contributed by atoms with Gasteiger partial charge in [0.25, 0.3) is 0 Å². The molecule has 0 aliphatic carbocycles. The third-order valence-electron chi connectivity index (χ3n) is 6.18. The third-order valence-corrected chi connectivity index (χ3v) is 6.18. The van der Waals surface area contributed by atoms with Crippen LogP contribution in [0, 0.1) is 13.8 Å². The summed E-state index contributed by atoms with van der Waals surface area (Å²) in [5, 5.41) is 4.68. The number of amides is 1. The van der Waals surface area contributed by atoms with Crippen molar-refractivity contribution < 1.29 is 4.79 Å². The van der Waals surface area contributed by atoms with Crippen LogP contribution in [0.5, 0.6) is 0 Å². The Kier molecular flexibility index (Phi) is 6.49. The molecule has 0 saturated carbocycles. The van der Waals surface area contributed by atoms with E-state index < -0.39 is 0 Å². The molecule has 7 nitrogen and oxygen atoms in total. The summed E-state index contributed by atoms with van der Waals surface area (Å²) < 4.78 is 5.44. The Bertz CT molecular complexity index is 1330. The number of hydrogen-bond acceptors (Lipinski definition) is 3. The first-order chi connectivity index (χ1) is 15.9. The molecule has 0 aliphatic heterocycles. The SMILES string of the molecule is CCCn1c(=O)n(CCC(=O)N(C)Cc2c(C)nn(-c3ccccc3)c2C)c2ccccc21. The molecule has 4 aromatic rings. The third kappa shape index (κ3) is 4.35. The number of hydrogen-bond donors (Lipinski definition) is 0. The van der Waals surface area contributed by atoms with E-state index in [0.717, 1.165) is 40.1 Å². The van der Waals surface area contributed by atoms with Gasteiger partial charge in [-0.2, -0.15) is 5.10 Å². The molecule has 0 spiro atoms. The van der Waals surface area contributed by atoms with E-state index in [1.165, 1.54) is 0 Å². The second kappa shape index (κ2) is 9.48. The van der Waals surface area contributed by atoms with Crippen molar-refractivity contribution in [3.63, 3.8) is 0 Å². The lowest BCUT2D eigenvalue weighted by atomic mass is 10.2. The van der Waals surface area contributed by atoms with E-state index in [2.05, 4.69) is 12.0 Å². The fourth-order valence-corrected chi connectivity index (χ4v) is 4.38. The van der Waals surface area contributed by atoms with E-state index in [4.69, 9.17) is 0 Å². The van der Waals surface area contributed by atoms with Gasteiger partial charge in [-0.1, -0.05) is 37.3 Å². The molecule has 4 rings (SSSR count). The molecule has 172 valence electrons. The van der Waals surface area contributed by atoms with Crippen LogP contribution in [-0.4, -0.2) is 36.8 Å². The lowest BCUT2D eigenvalue weighted by Gasteiger charge is -2.18. The number of rotatable bonds is 8. The standard InChI is InChI=1S/C26H31N5O2/c1-5-16-29-23-13-9-10-14-24(23)30(26(29)33)17-15-25(32)28(4)18-22-19(2)27-31(20(22)3)21-11-7-6-8-12-21/h6-14H,5,15-18H2,1-4H3. The number of benzene rings is 2. The van der Waals surface area contributed by atoms with Crippen LogP contribution < -0.4 is 5.69 Å². The van der Waals surface area contributed by atoms with Gasteiger partial charge in [-0.25, -0.2) is 9.48 Å². The molecule has 0 bridgehead atoms. The minimum atomic E-state index is -0.0515. The number of fused-ring (bicyclic) bond motifs is 1. The van der Waals surface area contributed by atoms with Crippen molar-refractivity contribution in [3.05, 3.63) is 82.0 Å². The van der Waals surface area contributed by atoms with Crippen LogP contribution in [0.2, 0.25) is 0 Å². The Labute approximate surface area is 193 Å². The topological polar surface area (TPSA) is 65.1 Å². The van der Waals surface area contributed by atoms with Crippen LogP contribution in [0.15, 0.2) is 59.4 Å². The van der Waals surface area contributed by atoms with Crippen LogP contribution in [0.4, 0.5) is 0 Å². The highest BCUT2D eigenvalue weighted by Gasteiger charge is 2.19. The minimum absolute atomic E-state index is 0.000448. The Morgan fingerprint density at radius 3 is 2.18 bits per heavy atom. The van der Waals surface area contributed by atoms with Crippen molar-refractivity contribution in [2.24, 2.45) is 0 Å². The molecule has 2 aromatic carbocycles. The molecule has 7 heteroatoms. The summed E-state index contributed by atoms with van der Waals surface area (Å²) in [5.41, 5.74) is 5.73. The van der Waals surface area contributed by atoms with Gasteiger partial charge in [0, 0.05) is 44.4 Å². The number of para-hydroxylation sites is 3. The molecule has 0 atom stereocenters. The number of carbonyl (C=O) groups is 1. The summed E-state index contributed by atoms with van der Waals surface area (Å²) in [6, 6.07) is 17.8. The second-order valence-electron chi connectivity index (χ2n) is 8.47. The Hall–Kier alpha value is -3.61. The molecule has 33 heavy (non-hydrogen) atoms. The maximum absolute atomic E-state index is 13.0. The van der Waals surface area contributed by atoms with E-state index in [-0.39, 0.29) is 18.0 Å². The average molecular weight is 446 g/mol. The Morgan fingerprint density at radius 1 is 0.939 bits per heavy atom. The van der Waals surface area contributed by atoms with Crippen LogP contribution >= 0.6 is 0 Å². The summed E-state index contributed by atoms with van der Waals surface area (Å²) in [5.74, 6) is 0.000448. The monoisotopic (exact) mass is 445 g/mol. The van der Waals surface area contributed by atoms with Crippen LogP contribution in [-0.2, 0) is 24.4 Å². The minimum Gasteiger partial charge on any atom is -0.341 e. The second-order valence-corrected chi connectivity index (χ2v) is 8.47. The zero-order valence-corrected chi connectivity index (χ0v) is 19.8. The number of nitrogens with zero attached hydrogens (tertiary/aromatic N) is 5. The van der Waals surface area contributed by atoms with Gasteiger partial charge >= 0.3 is 5.69 Å². The van der Waals surface area contributed by atoms with Crippen molar-refractivity contribution in [1.82, 2.24) is 23.8 Å². The quantitative estimate of drug-likeness (QED) is 0.411. The highest BCUT2D eigenvalue weighted by molar-refractivity contribution is 5.78. The van der Waals surface area contributed by atoms with E-state index >= 15 is 0 Å². The van der Waals surface area contributed by atoms with Gasteiger partial charge in [0.15, 0.2) is 0 Å². The van der Waals surface area contributed by atoms with Crippen molar-refractivity contribution in [3.8, 4) is 5.69 Å². The fraction of sp³-hybridized carbons (Fsp3) is 0.346. The van der Waals surface area contributed by atoms with Crippen LogP contribution in [0.1, 0.15) is 36.7 Å². The van der Waals surface area contributed by atoms with Crippen LogP contribution in [0.25, 0.3) is 16.7 Å². The van der Waals surface area contributed by atoms with Gasteiger partial charge < -0.3 is 4.90 Å². The molecule has 2 heterocycles. The lowest BCUT2D eigenvalue weighted by molar-refractivity contribution is -0.130. The summed E-state index contributed by atoms with van der Waals surface area (Å²) >= 11 is 0. The Morgan fingerprint density at radius 2 is 1.55 bits per heavy atom. The molecule has 0 N–H and O–H groups in total. The molecule has 0 unspecified atom stereocenters. The smallest absolute Gasteiger partial charge is 0.329 e. The van der Waals surface area contributed by atoms with E-state index in [0.29, 0.717) is 19.6 Å². The van der Waals surface area contributed by atoms with Gasteiger partial charge in [-0.15, -0.1) is 0 Å². The molecule has 0 saturated heterocycles. The number of aromatic nitrogens is 4. The zero-order valence-electron chi connectivity index (χ0n) is 19.8. The van der Waals surface area contributed by atoms with Crippen molar-refractivity contribution >= 4 is 16.9 Å². The van der Waals surface area contributed by atoms with E-state index in [9.17, 15) is 9.59 Å². The summed E-state index contributed by atoms with van der Waals surface area (Å²) in [6.45, 7) is 7.58. The predicted octanol–water partition coefficient (Wildman–Crippen LogP) is 4.06.